The predicted octanol–water partition coefficient (Wildman–Crippen LogP) is 1.67. The number of pyridine rings is 1. The van der Waals surface area contributed by atoms with Gasteiger partial charge in [-0.25, -0.2) is 4.98 Å². The highest BCUT2D eigenvalue weighted by Gasteiger charge is 2.57. The fraction of sp³-hybridized carbons (Fsp3) is 0.594. The first-order valence-electron chi connectivity index (χ1n) is 15.8. The number of likely N-dealkylation sites (N-methyl/N-ethyl adjacent to an activating group) is 1. The number of hydrogen-bond donors (Lipinski definition) is 4. The van der Waals surface area contributed by atoms with Crippen molar-refractivity contribution >= 4 is 35.1 Å². The van der Waals surface area contributed by atoms with Crippen LogP contribution in [-0.2, 0) is 32.8 Å². The normalized spacial score (nSPS) is 25.3. The standard InChI is InChI=1S/C32H43N7O6/c1-4-31-12-20-11-21(13-31)15-32(14-20,18-31)37-26(41)17-39-10-6-7-23(30(39)45)36-27(42)22(8-9-25(40)29(44)33-5-2)35-28(43)24-16-38(3)19-34-24/h6-7,10,16,19-22H,4-5,8-9,11-15,17-18H2,1-3H3,(H,33,44)(H,35,43)(H,36,42)(H,37,41). The summed E-state index contributed by atoms with van der Waals surface area (Å²) in [6.07, 6.45) is 11.7. The summed E-state index contributed by atoms with van der Waals surface area (Å²) >= 11 is 0. The SMILES string of the molecule is CCNC(=O)C(=O)CCC(NC(=O)c1cn(C)cn1)C(=O)Nc1cccn(CC(=O)NC23CC4CC(CC(CC)(C4)C2)C3)c1=O. The van der Waals surface area contributed by atoms with Crippen molar-refractivity contribution in [3.8, 4) is 0 Å². The molecule has 242 valence electrons. The second-order valence-corrected chi connectivity index (χ2v) is 13.3. The zero-order valence-electron chi connectivity index (χ0n) is 26.2. The summed E-state index contributed by atoms with van der Waals surface area (Å²) in [6, 6.07) is 1.72. The average Bonchev–Trinajstić information content (AvgIpc) is 3.42. The number of nitrogens with one attached hydrogen (secondary N) is 4. The highest BCUT2D eigenvalue weighted by Crippen LogP contribution is 2.62. The van der Waals surface area contributed by atoms with E-state index < -0.39 is 35.1 Å². The van der Waals surface area contributed by atoms with E-state index >= 15 is 0 Å². The summed E-state index contributed by atoms with van der Waals surface area (Å²) in [5, 5.41) is 10.8. The Morgan fingerprint density at radius 1 is 1.09 bits per heavy atom. The quantitative estimate of drug-likeness (QED) is 0.246. The number of anilines is 1. The van der Waals surface area contributed by atoms with E-state index in [0.717, 1.165) is 25.7 Å². The fourth-order valence-corrected chi connectivity index (χ4v) is 8.16. The molecule has 4 N–H and O–H groups in total. The van der Waals surface area contributed by atoms with Crippen LogP contribution in [0.1, 0.15) is 82.1 Å². The van der Waals surface area contributed by atoms with Gasteiger partial charge in [-0.1, -0.05) is 13.3 Å². The van der Waals surface area contributed by atoms with Gasteiger partial charge in [-0.15, -0.1) is 0 Å². The number of Topliss-reactive ketones (excluding diaryl/α,β-unsaturated/α-hetero) is 1. The van der Waals surface area contributed by atoms with Crippen LogP contribution in [0, 0.1) is 17.3 Å². The Labute approximate surface area is 261 Å². The largest absolute Gasteiger partial charge is 0.350 e. The molecule has 13 nitrogen and oxygen atoms in total. The minimum absolute atomic E-state index is 0.0577. The molecule has 0 saturated heterocycles. The Balaban J connectivity index is 1.26. The Morgan fingerprint density at radius 2 is 1.82 bits per heavy atom. The van der Waals surface area contributed by atoms with Gasteiger partial charge in [0.25, 0.3) is 17.4 Å². The number of amides is 4. The summed E-state index contributed by atoms with van der Waals surface area (Å²) in [5.41, 5.74) is -0.531. The topological polar surface area (TPSA) is 173 Å². The van der Waals surface area contributed by atoms with E-state index in [-0.39, 0.29) is 48.8 Å². The second kappa shape index (κ2) is 13.0. The summed E-state index contributed by atoms with van der Waals surface area (Å²) in [6.45, 7) is 4.00. The van der Waals surface area contributed by atoms with E-state index in [2.05, 4.69) is 33.2 Å². The molecule has 0 aliphatic heterocycles. The van der Waals surface area contributed by atoms with Gasteiger partial charge in [-0.3, -0.25) is 28.8 Å². The number of hydrogen-bond acceptors (Lipinski definition) is 7. The number of rotatable bonds is 13. The van der Waals surface area contributed by atoms with Gasteiger partial charge in [0.2, 0.25) is 17.6 Å². The molecule has 0 spiro atoms. The van der Waals surface area contributed by atoms with Gasteiger partial charge < -0.3 is 30.4 Å². The number of imidazole rings is 1. The number of nitrogens with zero attached hydrogens (tertiary/aromatic N) is 3. The maximum absolute atomic E-state index is 13.4. The van der Waals surface area contributed by atoms with Gasteiger partial charge in [0.15, 0.2) is 0 Å². The van der Waals surface area contributed by atoms with Gasteiger partial charge in [0, 0.05) is 37.9 Å². The third-order valence-electron chi connectivity index (χ3n) is 9.74. The van der Waals surface area contributed by atoms with Crippen molar-refractivity contribution in [3.05, 3.63) is 46.9 Å². The smallest absolute Gasteiger partial charge is 0.287 e. The van der Waals surface area contributed by atoms with E-state index in [1.54, 1.807) is 24.6 Å². The van der Waals surface area contributed by atoms with Gasteiger partial charge in [-0.2, -0.15) is 0 Å². The molecule has 2 aromatic rings. The van der Waals surface area contributed by atoms with E-state index in [1.165, 1.54) is 48.6 Å². The molecule has 0 radical (unpaired) electrons. The number of ketones is 1. The molecule has 3 atom stereocenters. The lowest BCUT2D eigenvalue weighted by Gasteiger charge is -2.62. The van der Waals surface area contributed by atoms with E-state index in [9.17, 15) is 28.8 Å². The molecule has 45 heavy (non-hydrogen) atoms. The monoisotopic (exact) mass is 621 g/mol. The van der Waals surface area contributed by atoms with Crippen LogP contribution in [0.4, 0.5) is 5.69 Å². The van der Waals surface area contributed by atoms with Gasteiger partial charge >= 0.3 is 0 Å². The average molecular weight is 622 g/mol. The lowest BCUT2D eigenvalue weighted by atomic mass is 9.46. The van der Waals surface area contributed by atoms with Crippen molar-refractivity contribution in [2.45, 2.75) is 89.8 Å². The van der Waals surface area contributed by atoms with Crippen LogP contribution in [0.15, 0.2) is 35.6 Å². The summed E-state index contributed by atoms with van der Waals surface area (Å²) in [5.74, 6) is -1.89. The zero-order valence-corrected chi connectivity index (χ0v) is 26.2. The minimum Gasteiger partial charge on any atom is -0.350 e. The molecule has 4 aliphatic rings. The maximum Gasteiger partial charge on any atom is 0.287 e. The second-order valence-electron chi connectivity index (χ2n) is 13.3. The number of carbonyl (C=O) groups excluding carboxylic acids is 5. The van der Waals surface area contributed by atoms with Crippen LogP contribution < -0.4 is 26.8 Å². The van der Waals surface area contributed by atoms with E-state index in [4.69, 9.17) is 0 Å². The van der Waals surface area contributed by atoms with Crippen molar-refractivity contribution in [2.24, 2.45) is 24.3 Å². The Kier molecular flexibility index (Phi) is 9.26. The Hall–Kier alpha value is -4.29. The van der Waals surface area contributed by atoms with Gasteiger partial charge in [0.1, 0.15) is 24.0 Å². The minimum atomic E-state index is -1.25. The lowest BCUT2D eigenvalue weighted by Crippen LogP contribution is -2.63. The van der Waals surface area contributed by atoms with Crippen LogP contribution in [0.2, 0.25) is 0 Å². The molecule has 4 bridgehead atoms. The summed E-state index contributed by atoms with van der Waals surface area (Å²) < 4.78 is 2.82. The molecule has 4 fully saturated rings. The molecule has 6 rings (SSSR count). The van der Waals surface area contributed by atoms with Crippen LogP contribution in [0.25, 0.3) is 0 Å². The zero-order chi connectivity index (χ0) is 32.4. The molecule has 4 saturated carbocycles. The van der Waals surface area contributed by atoms with Crippen LogP contribution in [-0.4, -0.2) is 61.7 Å². The molecule has 13 heteroatoms. The summed E-state index contributed by atoms with van der Waals surface area (Å²) in [4.78, 5) is 81.0. The van der Waals surface area contributed by atoms with Crippen LogP contribution >= 0.6 is 0 Å². The molecule has 4 aliphatic carbocycles. The highest BCUT2D eigenvalue weighted by atomic mass is 16.2. The van der Waals surface area contributed by atoms with Crippen molar-refractivity contribution in [1.29, 1.82) is 0 Å². The van der Waals surface area contributed by atoms with Crippen LogP contribution in [0.5, 0.6) is 0 Å². The molecule has 0 aromatic carbocycles. The van der Waals surface area contributed by atoms with Crippen molar-refractivity contribution in [3.63, 3.8) is 0 Å². The molecule has 2 heterocycles. The number of aryl methyl sites for hydroxylation is 1. The molecule has 4 amide bonds. The van der Waals surface area contributed by atoms with Crippen molar-refractivity contribution in [2.75, 3.05) is 11.9 Å². The number of aromatic nitrogens is 3. The maximum atomic E-state index is 13.4. The third-order valence-corrected chi connectivity index (χ3v) is 9.74. The molecular weight excluding hydrogens is 578 g/mol. The molecular formula is C32H43N7O6. The molecule has 3 unspecified atom stereocenters. The predicted molar refractivity (Wildman–Crippen MR) is 165 cm³/mol. The first-order chi connectivity index (χ1) is 21.4. The third kappa shape index (κ3) is 7.18. The highest BCUT2D eigenvalue weighted by molar-refractivity contribution is 6.36. The molecule has 2 aromatic heterocycles. The fourth-order valence-electron chi connectivity index (χ4n) is 8.16. The van der Waals surface area contributed by atoms with E-state index in [1.807, 2.05) is 0 Å². The first-order valence-corrected chi connectivity index (χ1v) is 15.8. The van der Waals surface area contributed by atoms with Crippen LogP contribution in [0.3, 0.4) is 0 Å². The van der Waals surface area contributed by atoms with Gasteiger partial charge in [0.05, 0.1) is 6.33 Å². The lowest BCUT2D eigenvalue weighted by molar-refractivity contribution is -0.138. The first kappa shape index (κ1) is 32.1. The number of carbonyl (C=O) groups is 5. The Morgan fingerprint density at radius 3 is 2.47 bits per heavy atom. The van der Waals surface area contributed by atoms with Crippen molar-refractivity contribution < 1.29 is 24.0 Å². The summed E-state index contributed by atoms with van der Waals surface area (Å²) in [7, 11) is 1.68. The van der Waals surface area contributed by atoms with E-state index in [0.29, 0.717) is 17.3 Å². The Bertz CT molecular complexity index is 1530. The van der Waals surface area contributed by atoms with Gasteiger partial charge in [-0.05, 0) is 81.3 Å². The van der Waals surface area contributed by atoms with Crippen molar-refractivity contribution in [1.82, 2.24) is 30.1 Å².